The number of amides is 1. The Kier molecular flexibility index (Phi) is 4.53. The predicted molar refractivity (Wildman–Crippen MR) is 77.6 cm³/mol. The van der Waals surface area contributed by atoms with Gasteiger partial charge in [0.15, 0.2) is 0 Å². The second-order valence-electron chi connectivity index (χ2n) is 3.58. The van der Waals surface area contributed by atoms with Gasteiger partial charge in [-0.15, -0.1) is 0 Å². The molecule has 0 bridgehead atoms. The van der Waals surface area contributed by atoms with Crippen molar-refractivity contribution in [3.8, 4) is 5.75 Å². The molecule has 0 aliphatic rings. The van der Waals surface area contributed by atoms with Crippen molar-refractivity contribution in [3.05, 3.63) is 57.5 Å². The SMILES string of the molecule is O=C(Nc1cc(Cl)c(Cl)c(Cl)c1)Oc1ccccc1. The van der Waals surface area contributed by atoms with Crippen LogP contribution in [0.25, 0.3) is 0 Å². The molecule has 0 aliphatic carbocycles. The lowest BCUT2D eigenvalue weighted by Crippen LogP contribution is -2.16. The monoisotopic (exact) mass is 315 g/mol. The van der Waals surface area contributed by atoms with Crippen LogP contribution in [0, 0.1) is 0 Å². The Bertz CT molecular complexity index is 579. The van der Waals surface area contributed by atoms with Crippen molar-refractivity contribution >= 4 is 46.6 Å². The molecule has 1 N–H and O–H groups in total. The highest BCUT2D eigenvalue weighted by atomic mass is 35.5. The van der Waals surface area contributed by atoms with Gasteiger partial charge >= 0.3 is 6.09 Å². The Morgan fingerprint density at radius 1 is 1.00 bits per heavy atom. The van der Waals surface area contributed by atoms with Gasteiger partial charge in [0.05, 0.1) is 15.1 Å². The predicted octanol–water partition coefficient (Wildman–Crippen LogP) is 5.26. The maximum absolute atomic E-state index is 11.6. The van der Waals surface area contributed by atoms with Crippen molar-refractivity contribution in [1.82, 2.24) is 0 Å². The van der Waals surface area contributed by atoms with Crippen LogP contribution >= 0.6 is 34.8 Å². The zero-order valence-electron chi connectivity index (χ0n) is 9.49. The van der Waals surface area contributed by atoms with E-state index in [1.807, 2.05) is 6.07 Å². The molecule has 0 heterocycles. The van der Waals surface area contributed by atoms with Gasteiger partial charge in [-0.25, -0.2) is 4.79 Å². The summed E-state index contributed by atoms with van der Waals surface area (Å²) in [5.41, 5.74) is 0.403. The molecule has 0 saturated heterocycles. The highest BCUT2D eigenvalue weighted by Crippen LogP contribution is 2.33. The summed E-state index contributed by atoms with van der Waals surface area (Å²) in [6, 6.07) is 11.7. The van der Waals surface area contributed by atoms with E-state index in [-0.39, 0.29) is 15.1 Å². The summed E-state index contributed by atoms with van der Waals surface area (Å²) in [5.74, 6) is 0.436. The third kappa shape index (κ3) is 3.77. The molecule has 0 unspecified atom stereocenters. The molecule has 98 valence electrons. The number of nitrogens with one attached hydrogen (secondary N) is 1. The molecular weight excluding hydrogens is 309 g/mol. The average molecular weight is 317 g/mol. The number of hydrogen-bond acceptors (Lipinski definition) is 2. The fraction of sp³-hybridized carbons (Fsp3) is 0. The van der Waals surface area contributed by atoms with Crippen LogP contribution in [-0.4, -0.2) is 6.09 Å². The van der Waals surface area contributed by atoms with E-state index in [2.05, 4.69) is 5.32 Å². The standard InChI is InChI=1S/C13H8Cl3NO2/c14-10-6-8(7-11(15)12(10)16)17-13(18)19-9-4-2-1-3-5-9/h1-7H,(H,17,18). The fourth-order valence-electron chi connectivity index (χ4n) is 1.37. The Morgan fingerprint density at radius 2 is 1.58 bits per heavy atom. The van der Waals surface area contributed by atoms with E-state index in [9.17, 15) is 4.79 Å². The Labute approximate surface area is 125 Å². The third-order valence-corrected chi connectivity index (χ3v) is 3.38. The largest absolute Gasteiger partial charge is 0.417 e. The number of para-hydroxylation sites is 1. The van der Waals surface area contributed by atoms with Crippen LogP contribution in [0.3, 0.4) is 0 Å². The maximum atomic E-state index is 11.6. The molecule has 2 aromatic carbocycles. The number of rotatable bonds is 2. The molecule has 0 spiro atoms. The van der Waals surface area contributed by atoms with Crippen molar-refractivity contribution in [2.75, 3.05) is 5.32 Å². The first-order valence-corrected chi connectivity index (χ1v) is 6.38. The topological polar surface area (TPSA) is 38.3 Å². The Hall–Kier alpha value is -1.42. The van der Waals surface area contributed by atoms with Crippen molar-refractivity contribution in [2.45, 2.75) is 0 Å². The highest BCUT2D eigenvalue weighted by molar-refractivity contribution is 6.48. The lowest BCUT2D eigenvalue weighted by Gasteiger charge is -2.08. The molecule has 0 saturated carbocycles. The third-order valence-electron chi connectivity index (χ3n) is 2.18. The first-order chi connectivity index (χ1) is 9.06. The molecule has 6 heteroatoms. The summed E-state index contributed by atoms with van der Waals surface area (Å²) in [4.78, 5) is 11.6. The number of anilines is 1. The van der Waals surface area contributed by atoms with E-state index >= 15 is 0 Å². The minimum absolute atomic E-state index is 0.241. The summed E-state index contributed by atoms with van der Waals surface area (Å²) in [6.07, 6.45) is -0.638. The second-order valence-corrected chi connectivity index (χ2v) is 4.77. The number of carbonyl (C=O) groups is 1. The van der Waals surface area contributed by atoms with Gasteiger partial charge in [0, 0.05) is 5.69 Å². The lowest BCUT2D eigenvalue weighted by atomic mass is 10.3. The van der Waals surface area contributed by atoms with Gasteiger partial charge < -0.3 is 4.74 Å². The molecule has 1 amide bonds. The summed E-state index contributed by atoms with van der Waals surface area (Å²) in [6.45, 7) is 0. The van der Waals surface area contributed by atoms with E-state index in [4.69, 9.17) is 39.5 Å². The first kappa shape index (κ1) is 14.0. The van der Waals surface area contributed by atoms with Crippen LogP contribution < -0.4 is 10.1 Å². The van der Waals surface area contributed by atoms with E-state index in [1.54, 1.807) is 24.3 Å². The molecule has 2 rings (SSSR count). The molecule has 0 aliphatic heterocycles. The van der Waals surface area contributed by atoms with Crippen molar-refractivity contribution in [2.24, 2.45) is 0 Å². The van der Waals surface area contributed by atoms with Gasteiger partial charge in [0.1, 0.15) is 5.75 Å². The molecule has 2 aromatic rings. The van der Waals surface area contributed by atoms with Crippen molar-refractivity contribution < 1.29 is 9.53 Å². The van der Waals surface area contributed by atoms with Crippen LogP contribution in [-0.2, 0) is 0 Å². The molecule has 0 radical (unpaired) electrons. The molecule has 3 nitrogen and oxygen atoms in total. The Morgan fingerprint density at radius 3 is 2.16 bits per heavy atom. The highest BCUT2D eigenvalue weighted by Gasteiger charge is 2.09. The summed E-state index contributed by atoms with van der Waals surface area (Å²) in [7, 11) is 0. The first-order valence-electron chi connectivity index (χ1n) is 5.24. The van der Waals surface area contributed by atoms with Gasteiger partial charge in [-0.1, -0.05) is 53.0 Å². The van der Waals surface area contributed by atoms with Crippen LogP contribution in [0.2, 0.25) is 15.1 Å². The molecular formula is C13H8Cl3NO2. The minimum Gasteiger partial charge on any atom is -0.410 e. The van der Waals surface area contributed by atoms with Gasteiger partial charge in [0.25, 0.3) is 0 Å². The van der Waals surface area contributed by atoms with Crippen LogP contribution in [0.1, 0.15) is 0 Å². The van der Waals surface area contributed by atoms with Crippen LogP contribution in [0.4, 0.5) is 10.5 Å². The zero-order valence-corrected chi connectivity index (χ0v) is 11.8. The van der Waals surface area contributed by atoms with Gasteiger partial charge in [-0.3, -0.25) is 5.32 Å². The average Bonchev–Trinajstić information content (AvgIpc) is 2.37. The normalized spacial score (nSPS) is 10.1. The lowest BCUT2D eigenvalue weighted by molar-refractivity contribution is 0.215. The zero-order chi connectivity index (χ0) is 13.8. The smallest absolute Gasteiger partial charge is 0.410 e. The number of carbonyl (C=O) groups excluding carboxylic acids is 1. The number of hydrogen-bond donors (Lipinski definition) is 1. The van der Waals surface area contributed by atoms with Crippen molar-refractivity contribution in [3.63, 3.8) is 0 Å². The fourth-order valence-corrected chi connectivity index (χ4v) is 1.96. The quantitative estimate of drug-likeness (QED) is 0.768. The van der Waals surface area contributed by atoms with Crippen LogP contribution in [0.15, 0.2) is 42.5 Å². The van der Waals surface area contributed by atoms with E-state index in [0.29, 0.717) is 11.4 Å². The van der Waals surface area contributed by atoms with Crippen molar-refractivity contribution in [1.29, 1.82) is 0 Å². The van der Waals surface area contributed by atoms with Gasteiger partial charge in [0.2, 0.25) is 0 Å². The number of halogens is 3. The van der Waals surface area contributed by atoms with Gasteiger partial charge in [-0.05, 0) is 24.3 Å². The number of ether oxygens (including phenoxy) is 1. The minimum atomic E-state index is -0.638. The summed E-state index contributed by atoms with van der Waals surface area (Å²) < 4.78 is 5.06. The molecule has 19 heavy (non-hydrogen) atoms. The Balaban J connectivity index is 2.07. The molecule has 0 aromatic heterocycles. The van der Waals surface area contributed by atoms with E-state index < -0.39 is 6.09 Å². The molecule has 0 atom stereocenters. The summed E-state index contributed by atoms with van der Waals surface area (Å²) in [5, 5.41) is 3.26. The number of benzene rings is 2. The second kappa shape index (κ2) is 6.15. The van der Waals surface area contributed by atoms with E-state index in [1.165, 1.54) is 12.1 Å². The maximum Gasteiger partial charge on any atom is 0.417 e. The van der Waals surface area contributed by atoms with E-state index in [0.717, 1.165) is 0 Å². The summed E-state index contributed by atoms with van der Waals surface area (Å²) >= 11 is 17.5. The molecule has 0 fully saturated rings. The van der Waals surface area contributed by atoms with Gasteiger partial charge in [-0.2, -0.15) is 0 Å². The van der Waals surface area contributed by atoms with Crippen LogP contribution in [0.5, 0.6) is 5.75 Å².